The fraction of sp³-hybridized carbons (Fsp3) is 0.833. The third-order valence-corrected chi connectivity index (χ3v) is 2.49. The highest BCUT2D eigenvalue weighted by molar-refractivity contribution is 7.73. The van der Waals surface area contributed by atoms with Crippen LogP contribution in [0.5, 0.6) is 0 Å². The van der Waals surface area contributed by atoms with Gasteiger partial charge < -0.3 is 0 Å². The Balaban J connectivity index is 5.69. The van der Waals surface area contributed by atoms with E-state index in [2.05, 4.69) is 0 Å². The van der Waals surface area contributed by atoms with Gasteiger partial charge in [-0.2, -0.15) is 52.3 Å². The normalized spacial score (nSPS) is 14.4. The number of rotatable bonds is 3. The molecule has 2 nitrogen and oxygen atoms in total. The van der Waals surface area contributed by atoms with E-state index in [4.69, 9.17) is 0 Å². The quantitative estimate of drug-likeness (QED) is 0.590. The Hall–Kier alpha value is -1.01. The van der Waals surface area contributed by atoms with Crippen LogP contribution in [-0.4, -0.2) is 37.5 Å². The van der Waals surface area contributed by atoms with Crippen molar-refractivity contribution in [1.82, 2.24) is 0 Å². The number of hydrogen-bond donors (Lipinski definition) is 0. The molecule has 0 spiro atoms. The SMILES string of the molecule is O=S(=O)=C(CC(F)(F)C(F)(F)C(F)(F)F)C(F)(F)F. The predicted octanol–water partition coefficient (Wildman–Crippen LogP) is 2.82. The van der Waals surface area contributed by atoms with Gasteiger partial charge in [0.1, 0.15) is 0 Å². The zero-order valence-corrected chi connectivity index (χ0v) is 9.03. The van der Waals surface area contributed by atoms with E-state index in [1.807, 2.05) is 0 Å². The van der Waals surface area contributed by atoms with Gasteiger partial charge in [-0.3, -0.25) is 0 Å². The molecule has 0 aromatic heterocycles. The van der Waals surface area contributed by atoms with Crippen LogP contribution in [0.1, 0.15) is 6.42 Å². The summed E-state index contributed by atoms with van der Waals surface area (Å²) in [5, 5.41) is 0. The van der Waals surface area contributed by atoms with E-state index in [1.165, 1.54) is 0 Å². The van der Waals surface area contributed by atoms with Gasteiger partial charge in [-0.1, -0.05) is 0 Å². The van der Waals surface area contributed by atoms with Crippen LogP contribution in [0.4, 0.5) is 43.9 Å². The molecule has 0 N–H and O–H groups in total. The highest BCUT2D eigenvalue weighted by atomic mass is 32.2. The molecule has 0 aliphatic rings. The Morgan fingerprint density at radius 2 is 1.16 bits per heavy atom. The summed E-state index contributed by atoms with van der Waals surface area (Å²) in [6.07, 6.45) is -16.1. The molecule has 0 radical (unpaired) electrons. The monoisotopic (exact) mass is 328 g/mol. The van der Waals surface area contributed by atoms with Crippen LogP contribution in [0, 0.1) is 0 Å². The van der Waals surface area contributed by atoms with Gasteiger partial charge in [0.25, 0.3) is 0 Å². The Morgan fingerprint density at radius 1 is 0.789 bits per heavy atom. The molecule has 0 atom stereocenters. The van der Waals surface area contributed by atoms with Crippen molar-refractivity contribution < 1.29 is 52.3 Å². The molecule has 0 bridgehead atoms. The Morgan fingerprint density at radius 3 is 1.37 bits per heavy atom. The molecular formula is C6H2F10O2S. The van der Waals surface area contributed by atoms with Crippen molar-refractivity contribution in [2.45, 2.75) is 30.6 Å². The molecule has 0 aromatic rings. The molecule has 0 fully saturated rings. The van der Waals surface area contributed by atoms with Gasteiger partial charge in [0.05, 0.1) is 6.42 Å². The molecule has 0 aromatic carbocycles. The summed E-state index contributed by atoms with van der Waals surface area (Å²) in [6.45, 7) is 0. The largest absolute Gasteiger partial charge is 0.459 e. The maximum Gasteiger partial charge on any atom is 0.459 e. The van der Waals surface area contributed by atoms with Crippen LogP contribution in [-0.2, 0) is 10.3 Å². The lowest BCUT2D eigenvalue weighted by molar-refractivity contribution is -0.352. The first-order chi connectivity index (χ1) is 8.04. The molecular weight excluding hydrogens is 326 g/mol. The Kier molecular flexibility index (Phi) is 4.57. The lowest BCUT2D eigenvalue weighted by Gasteiger charge is -2.28. The average Bonchev–Trinajstić information content (AvgIpc) is 2.09. The van der Waals surface area contributed by atoms with E-state index < -0.39 is 45.8 Å². The third kappa shape index (κ3) is 3.73. The van der Waals surface area contributed by atoms with Gasteiger partial charge in [0.15, 0.2) is 4.86 Å². The van der Waals surface area contributed by atoms with Gasteiger partial charge in [-0.25, -0.2) is 0 Å². The number of hydrogen-bond acceptors (Lipinski definition) is 2. The van der Waals surface area contributed by atoms with Crippen LogP contribution in [0.3, 0.4) is 0 Å². The first-order valence-electron chi connectivity index (χ1n) is 3.88. The molecule has 0 rings (SSSR count). The van der Waals surface area contributed by atoms with Crippen LogP contribution >= 0.6 is 0 Å². The minimum Gasteiger partial charge on any atom is -0.199 e. The average molecular weight is 328 g/mol. The topological polar surface area (TPSA) is 34.1 Å². The Bertz CT molecular complexity index is 459. The van der Waals surface area contributed by atoms with Gasteiger partial charge >= 0.3 is 24.2 Å². The van der Waals surface area contributed by atoms with Crippen molar-refractivity contribution >= 4 is 15.2 Å². The summed E-state index contributed by atoms with van der Waals surface area (Å²) < 4.78 is 140. The number of alkyl halides is 10. The first-order valence-corrected chi connectivity index (χ1v) is 4.96. The summed E-state index contributed by atoms with van der Waals surface area (Å²) in [7, 11) is -4.42. The molecule has 114 valence electrons. The van der Waals surface area contributed by atoms with E-state index in [-0.39, 0.29) is 0 Å². The smallest absolute Gasteiger partial charge is 0.199 e. The molecule has 0 aliphatic carbocycles. The minimum absolute atomic E-state index is 3.11. The fourth-order valence-electron chi connectivity index (χ4n) is 0.774. The molecule has 0 amide bonds. The maximum atomic E-state index is 12.6. The molecule has 0 saturated heterocycles. The predicted molar refractivity (Wildman–Crippen MR) is 40.5 cm³/mol. The van der Waals surface area contributed by atoms with Crippen LogP contribution in [0.25, 0.3) is 0 Å². The fourth-order valence-corrected chi connectivity index (χ4v) is 1.26. The number of halogens is 10. The van der Waals surface area contributed by atoms with E-state index >= 15 is 0 Å². The van der Waals surface area contributed by atoms with Crippen molar-refractivity contribution in [2.24, 2.45) is 0 Å². The maximum absolute atomic E-state index is 12.6. The molecule has 13 heteroatoms. The van der Waals surface area contributed by atoms with Crippen molar-refractivity contribution in [2.75, 3.05) is 0 Å². The summed E-state index contributed by atoms with van der Waals surface area (Å²) >= 11 is 0. The van der Waals surface area contributed by atoms with Crippen LogP contribution in [0.15, 0.2) is 0 Å². The summed E-state index contributed by atoms with van der Waals surface area (Å²) in [5.41, 5.74) is 0. The van der Waals surface area contributed by atoms with E-state index in [0.717, 1.165) is 0 Å². The van der Waals surface area contributed by atoms with E-state index in [0.29, 0.717) is 0 Å². The second-order valence-corrected chi connectivity index (χ2v) is 4.07. The highest BCUT2D eigenvalue weighted by Gasteiger charge is 2.73. The minimum atomic E-state index is -6.84. The second-order valence-electron chi connectivity index (χ2n) is 3.11. The van der Waals surface area contributed by atoms with Crippen molar-refractivity contribution in [1.29, 1.82) is 0 Å². The zero-order valence-electron chi connectivity index (χ0n) is 8.21. The van der Waals surface area contributed by atoms with Gasteiger partial charge in [0.2, 0.25) is 10.3 Å². The van der Waals surface area contributed by atoms with Crippen molar-refractivity contribution in [3.8, 4) is 0 Å². The van der Waals surface area contributed by atoms with E-state index in [1.54, 1.807) is 0 Å². The van der Waals surface area contributed by atoms with E-state index in [9.17, 15) is 52.3 Å². The van der Waals surface area contributed by atoms with Gasteiger partial charge in [-0.15, -0.1) is 0 Å². The lowest BCUT2D eigenvalue weighted by atomic mass is 10.1. The zero-order chi connectivity index (χ0) is 15.9. The lowest BCUT2D eigenvalue weighted by Crippen LogP contribution is -2.53. The van der Waals surface area contributed by atoms with Crippen LogP contribution < -0.4 is 0 Å². The Labute approximate surface area is 99.1 Å². The standard InChI is InChI=1S/C6H2F10O2S/c7-3(8,5(12,13)6(14,15)16)1-2(19(17)18)4(9,10)11/h1H2. The molecule has 0 aliphatic heterocycles. The van der Waals surface area contributed by atoms with Crippen molar-refractivity contribution in [3.63, 3.8) is 0 Å². The van der Waals surface area contributed by atoms with Crippen LogP contribution in [0.2, 0.25) is 0 Å². The van der Waals surface area contributed by atoms with Gasteiger partial charge in [-0.05, 0) is 0 Å². The first kappa shape index (κ1) is 18.0. The molecule has 19 heavy (non-hydrogen) atoms. The third-order valence-electron chi connectivity index (χ3n) is 1.72. The van der Waals surface area contributed by atoms with Gasteiger partial charge in [0, 0.05) is 0 Å². The summed E-state index contributed by atoms with van der Waals surface area (Å²) in [5.74, 6) is -13.1. The molecule has 0 saturated carbocycles. The second kappa shape index (κ2) is 4.83. The summed E-state index contributed by atoms with van der Waals surface area (Å²) in [4.78, 5) is -3.11. The molecule has 0 unspecified atom stereocenters. The highest BCUT2D eigenvalue weighted by Crippen LogP contribution is 2.48. The molecule has 0 heterocycles. The summed E-state index contributed by atoms with van der Waals surface area (Å²) in [6, 6.07) is 0. The van der Waals surface area contributed by atoms with Crippen molar-refractivity contribution in [3.05, 3.63) is 0 Å².